The van der Waals surface area contributed by atoms with Crippen LogP contribution in [0.3, 0.4) is 0 Å². The van der Waals surface area contributed by atoms with Crippen molar-refractivity contribution in [2.75, 3.05) is 39.6 Å². The monoisotopic (exact) mass is 1690 g/mol. The van der Waals surface area contributed by atoms with Crippen molar-refractivity contribution < 1.29 is 80.2 Å². The van der Waals surface area contributed by atoms with Crippen molar-refractivity contribution in [3.8, 4) is 0 Å². The highest BCUT2D eigenvalue weighted by atomic mass is 31.2. The van der Waals surface area contributed by atoms with Crippen molar-refractivity contribution in [1.82, 2.24) is 0 Å². The molecule has 690 valence electrons. The summed E-state index contributed by atoms with van der Waals surface area (Å²) >= 11 is 0. The van der Waals surface area contributed by atoms with Gasteiger partial charge >= 0.3 is 39.5 Å². The summed E-state index contributed by atoms with van der Waals surface area (Å²) in [6.45, 7) is 12.2. The van der Waals surface area contributed by atoms with Crippen LogP contribution >= 0.6 is 15.6 Å². The molecule has 0 aromatic carbocycles. The van der Waals surface area contributed by atoms with Gasteiger partial charge in [-0.2, -0.15) is 0 Å². The first-order valence-electron chi connectivity index (χ1n) is 49.9. The normalized spacial score (nSPS) is 14.2. The molecule has 0 saturated heterocycles. The zero-order valence-corrected chi connectivity index (χ0v) is 78.8. The Balaban J connectivity index is 5.24. The van der Waals surface area contributed by atoms with Crippen LogP contribution in [0.2, 0.25) is 0 Å². The third-order valence-electron chi connectivity index (χ3n) is 23.6. The Hall–Kier alpha value is -1.94. The lowest BCUT2D eigenvalue weighted by Gasteiger charge is -2.21. The molecule has 19 heteroatoms. The van der Waals surface area contributed by atoms with Crippen LogP contribution in [0.4, 0.5) is 0 Å². The molecule has 17 nitrogen and oxygen atoms in total. The van der Waals surface area contributed by atoms with E-state index < -0.39 is 97.5 Å². The van der Waals surface area contributed by atoms with E-state index >= 15 is 0 Å². The predicted molar refractivity (Wildman–Crippen MR) is 483 cm³/mol. The summed E-state index contributed by atoms with van der Waals surface area (Å²) in [5, 5.41) is 10.7. The molecule has 0 aliphatic rings. The van der Waals surface area contributed by atoms with Gasteiger partial charge in [-0.3, -0.25) is 37.3 Å². The Morgan fingerprint density at radius 1 is 0.250 bits per heavy atom. The summed E-state index contributed by atoms with van der Waals surface area (Å²) < 4.78 is 69.3. The third kappa shape index (κ3) is 87.0. The molecule has 0 rings (SSSR count). The van der Waals surface area contributed by atoms with Crippen molar-refractivity contribution in [1.29, 1.82) is 0 Å². The van der Waals surface area contributed by atoms with E-state index in [-0.39, 0.29) is 25.7 Å². The first kappa shape index (κ1) is 114. The number of aliphatic hydroxyl groups excluding tert-OH is 1. The number of phosphoric acid groups is 2. The van der Waals surface area contributed by atoms with Crippen LogP contribution in [0.5, 0.6) is 0 Å². The Morgan fingerprint density at radius 2 is 0.440 bits per heavy atom. The summed E-state index contributed by atoms with van der Waals surface area (Å²) in [6, 6.07) is 0. The second-order valence-electron chi connectivity index (χ2n) is 35.8. The smallest absolute Gasteiger partial charge is 0.462 e. The van der Waals surface area contributed by atoms with Crippen LogP contribution in [0.25, 0.3) is 0 Å². The number of rotatable bonds is 95. The minimum absolute atomic E-state index is 0.109. The number of hydrogen-bond donors (Lipinski definition) is 3. The van der Waals surface area contributed by atoms with Crippen molar-refractivity contribution in [2.24, 2.45) is 17.8 Å². The standard InChI is InChI=1S/C97H190O17P2/c1-8-11-12-13-14-15-16-17-18-19-20-21-22-30-35-40-45-50-59-66-74-81-97(102)114-93(85-108-95(100)79-72-65-58-53-52-56-63-70-77-90(7)10-3)87-112-116(105,106)110-83-91(98)82-109-115(103,104)111-86-92(84-107-94(99)78-71-64-57-49-44-39-34-29-25-23-27-32-37-42-47-54-61-68-75-88(4)5)113-96(101)80-73-67-60-51-46-41-36-31-26-24-28-33-38-43-48-55-62-69-76-89(6)9-2/h88-93,98H,8-87H2,1-7H3,(H,103,104)(H,105,106)/t89?,90?,91-,92-,93-/m1/s1. The number of hydrogen-bond acceptors (Lipinski definition) is 15. The molecule has 0 bridgehead atoms. The number of carbonyl (C=O) groups is 4. The molecule has 0 aromatic rings. The van der Waals surface area contributed by atoms with E-state index in [9.17, 15) is 43.2 Å². The van der Waals surface area contributed by atoms with Gasteiger partial charge < -0.3 is 33.8 Å². The fraction of sp³-hybridized carbons (Fsp3) is 0.959. The first-order valence-corrected chi connectivity index (χ1v) is 52.9. The topological polar surface area (TPSA) is 237 Å². The summed E-state index contributed by atoms with van der Waals surface area (Å²) in [4.78, 5) is 73.6. The zero-order chi connectivity index (χ0) is 85.0. The maximum absolute atomic E-state index is 13.2. The maximum atomic E-state index is 13.2. The SMILES string of the molecule is CCCCCCCCCCCCCCCCCCCCCCCC(=O)O[C@H](COC(=O)CCCCCCCCCCC(C)CC)COP(=O)(O)OC[C@H](O)COP(=O)(O)OC[C@@H](COC(=O)CCCCCCCCCCCCCCCCCCCCC(C)C)OC(=O)CCCCCCCCCCCCCCCCCCCCC(C)CC. The highest BCUT2D eigenvalue weighted by Crippen LogP contribution is 2.45. The van der Waals surface area contributed by atoms with E-state index in [0.717, 1.165) is 108 Å². The van der Waals surface area contributed by atoms with Crippen molar-refractivity contribution in [3.63, 3.8) is 0 Å². The molecule has 0 aliphatic carbocycles. The fourth-order valence-electron chi connectivity index (χ4n) is 15.2. The van der Waals surface area contributed by atoms with Crippen molar-refractivity contribution in [2.45, 2.75) is 542 Å². The quantitative estimate of drug-likeness (QED) is 0.0222. The molecule has 116 heavy (non-hydrogen) atoms. The van der Waals surface area contributed by atoms with Gasteiger partial charge in [0.2, 0.25) is 0 Å². The average molecular weight is 1690 g/mol. The van der Waals surface area contributed by atoms with Crippen LogP contribution in [0, 0.1) is 17.8 Å². The van der Waals surface area contributed by atoms with Gasteiger partial charge in [0, 0.05) is 25.7 Å². The Morgan fingerprint density at radius 3 is 0.655 bits per heavy atom. The Bertz CT molecular complexity index is 2220. The van der Waals surface area contributed by atoms with Gasteiger partial charge in [-0.05, 0) is 43.4 Å². The van der Waals surface area contributed by atoms with Gasteiger partial charge in [0.05, 0.1) is 26.4 Å². The second kappa shape index (κ2) is 86.6. The maximum Gasteiger partial charge on any atom is 0.472 e. The molecule has 7 atom stereocenters. The van der Waals surface area contributed by atoms with E-state index in [4.69, 9.17) is 37.0 Å². The number of esters is 4. The molecule has 0 fully saturated rings. The number of aliphatic hydroxyl groups is 1. The molecule has 4 unspecified atom stereocenters. The van der Waals surface area contributed by atoms with Gasteiger partial charge in [0.15, 0.2) is 12.2 Å². The van der Waals surface area contributed by atoms with Gasteiger partial charge in [-0.25, -0.2) is 9.13 Å². The van der Waals surface area contributed by atoms with E-state index in [1.54, 1.807) is 0 Å². The predicted octanol–water partition coefficient (Wildman–Crippen LogP) is 30.4. The number of ether oxygens (including phenoxy) is 4. The molecular weight excluding hydrogens is 1500 g/mol. The summed E-state index contributed by atoms with van der Waals surface area (Å²) in [5.41, 5.74) is 0. The average Bonchev–Trinajstić information content (AvgIpc) is 0.898. The van der Waals surface area contributed by atoms with Gasteiger partial charge in [-0.1, -0.05) is 472 Å². The number of phosphoric ester groups is 2. The van der Waals surface area contributed by atoms with Crippen LogP contribution in [-0.2, 0) is 65.4 Å². The second-order valence-corrected chi connectivity index (χ2v) is 38.7. The molecular formula is C97H190O17P2. The van der Waals surface area contributed by atoms with Crippen molar-refractivity contribution in [3.05, 3.63) is 0 Å². The highest BCUT2D eigenvalue weighted by molar-refractivity contribution is 7.47. The minimum atomic E-state index is -4.97. The molecule has 3 N–H and O–H groups in total. The fourth-order valence-corrected chi connectivity index (χ4v) is 16.8. The van der Waals surface area contributed by atoms with E-state index in [0.29, 0.717) is 25.7 Å². The van der Waals surface area contributed by atoms with Crippen LogP contribution < -0.4 is 0 Å². The molecule has 0 heterocycles. The van der Waals surface area contributed by atoms with Gasteiger partial charge in [0.1, 0.15) is 19.3 Å². The lowest BCUT2D eigenvalue weighted by Crippen LogP contribution is -2.30. The molecule has 0 amide bonds. The van der Waals surface area contributed by atoms with Crippen LogP contribution in [0.15, 0.2) is 0 Å². The molecule has 0 aliphatic heterocycles. The van der Waals surface area contributed by atoms with Gasteiger partial charge in [-0.15, -0.1) is 0 Å². The lowest BCUT2D eigenvalue weighted by atomic mass is 9.99. The third-order valence-corrected chi connectivity index (χ3v) is 25.5. The summed E-state index contributed by atoms with van der Waals surface area (Å²) in [7, 11) is -9.95. The molecule has 0 spiro atoms. The van der Waals surface area contributed by atoms with E-state index in [2.05, 4.69) is 48.5 Å². The largest absolute Gasteiger partial charge is 0.472 e. The number of carbonyl (C=O) groups excluding carboxylic acids is 4. The molecule has 0 aromatic heterocycles. The van der Waals surface area contributed by atoms with Crippen LogP contribution in [-0.4, -0.2) is 96.7 Å². The van der Waals surface area contributed by atoms with Crippen LogP contribution in [0.1, 0.15) is 524 Å². The summed E-state index contributed by atoms with van der Waals surface area (Å²) in [6.07, 6.45) is 82.1. The lowest BCUT2D eigenvalue weighted by molar-refractivity contribution is -0.161. The minimum Gasteiger partial charge on any atom is -0.462 e. The molecule has 0 radical (unpaired) electrons. The highest BCUT2D eigenvalue weighted by Gasteiger charge is 2.31. The van der Waals surface area contributed by atoms with Gasteiger partial charge in [0.25, 0.3) is 0 Å². The first-order chi connectivity index (χ1) is 56.3. The van der Waals surface area contributed by atoms with E-state index in [1.165, 1.54) is 334 Å². The Labute approximate surface area is 715 Å². The van der Waals surface area contributed by atoms with Crippen molar-refractivity contribution >= 4 is 39.5 Å². The summed E-state index contributed by atoms with van der Waals surface area (Å²) in [5.74, 6) is 0.379. The molecule has 0 saturated carbocycles. The zero-order valence-electron chi connectivity index (χ0n) is 77.0. The van der Waals surface area contributed by atoms with E-state index in [1.807, 2.05) is 0 Å². The number of unbranched alkanes of at least 4 members (excludes halogenated alkanes) is 61. The Kier molecular flexibility index (Phi) is 85.1.